The number of hydrogen-bond acceptors (Lipinski definition) is 2. The van der Waals surface area contributed by atoms with E-state index < -0.39 is 17.6 Å². The highest BCUT2D eigenvalue weighted by molar-refractivity contribution is 5.78. The van der Waals surface area contributed by atoms with Crippen LogP contribution in [0.4, 0.5) is 17.6 Å². The molecule has 1 atom stereocenters. The number of carbonyl (C=O) groups is 1. The lowest BCUT2D eigenvalue weighted by Gasteiger charge is -2.19. The van der Waals surface area contributed by atoms with Crippen LogP contribution in [0.2, 0.25) is 0 Å². The second-order valence-corrected chi connectivity index (χ2v) is 7.62. The number of halogens is 4. The summed E-state index contributed by atoms with van der Waals surface area (Å²) < 4.78 is 52.9. The number of carbonyl (C=O) groups excluding carboxylic acids is 1. The molecule has 4 rings (SSSR count). The van der Waals surface area contributed by atoms with E-state index in [9.17, 15) is 22.4 Å². The van der Waals surface area contributed by atoms with Gasteiger partial charge >= 0.3 is 6.18 Å². The maximum absolute atomic E-state index is 14.5. The van der Waals surface area contributed by atoms with Gasteiger partial charge in [-0.3, -0.25) is 9.78 Å². The summed E-state index contributed by atoms with van der Waals surface area (Å²) in [5.74, 6) is -0.821. The van der Waals surface area contributed by atoms with Crippen molar-refractivity contribution in [3.8, 4) is 11.1 Å². The predicted molar refractivity (Wildman–Crippen MR) is 96.1 cm³/mol. The Morgan fingerprint density at radius 2 is 1.93 bits per heavy atom. The number of amides is 1. The molecule has 2 aliphatic carbocycles. The van der Waals surface area contributed by atoms with Crippen molar-refractivity contribution in [2.75, 3.05) is 7.05 Å². The van der Waals surface area contributed by atoms with Crippen molar-refractivity contribution in [2.24, 2.45) is 0 Å². The minimum absolute atomic E-state index is 0.00802. The van der Waals surface area contributed by atoms with Gasteiger partial charge < -0.3 is 4.90 Å². The molecule has 1 amide bonds. The van der Waals surface area contributed by atoms with Crippen LogP contribution in [0.3, 0.4) is 0 Å². The number of pyridine rings is 1. The van der Waals surface area contributed by atoms with Crippen molar-refractivity contribution >= 4 is 5.91 Å². The molecule has 0 radical (unpaired) electrons. The standard InChI is InChI=1S/C21H20F4N2O/c1-27(14-4-5-14)20(28)8-12-2-6-15-17(12)10-26-11-18(15)16-7-3-13(9-19(16)22)21(23,24)25/h3,7,9-12,14H,2,4-6,8H2,1H3. The zero-order chi connectivity index (χ0) is 20.1. The first-order valence-electron chi connectivity index (χ1n) is 9.35. The van der Waals surface area contributed by atoms with Crippen molar-refractivity contribution in [3.05, 3.63) is 53.1 Å². The first kappa shape index (κ1) is 18.9. The van der Waals surface area contributed by atoms with Crippen molar-refractivity contribution < 1.29 is 22.4 Å². The molecule has 0 saturated heterocycles. The molecule has 1 fully saturated rings. The van der Waals surface area contributed by atoms with E-state index in [4.69, 9.17) is 0 Å². The molecule has 2 aliphatic rings. The molecule has 1 unspecified atom stereocenters. The van der Waals surface area contributed by atoms with Crippen LogP contribution < -0.4 is 0 Å². The molecule has 28 heavy (non-hydrogen) atoms. The average Bonchev–Trinajstić information content (AvgIpc) is 3.42. The van der Waals surface area contributed by atoms with E-state index in [1.807, 2.05) is 7.05 Å². The van der Waals surface area contributed by atoms with Gasteiger partial charge in [0, 0.05) is 43.0 Å². The van der Waals surface area contributed by atoms with E-state index in [-0.39, 0.29) is 17.4 Å². The van der Waals surface area contributed by atoms with Crippen LogP contribution in [0, 0.1) is 5.82 Å². The second-order valence-electron chi connectivity index (χ2n) is 7.62. The van der Waals surface area contributed by atoms with Crippen LogP contribution in [0.15, 0.2) is 30.6 Å². The van der Waals surface area contributed by atoms with Gasteiger partial charge in [0.1, 0.15) is 5.82 Å². The van der Waals surface area contributed by atoms with Gasteiger partial charge in [0.25, 0.3) is 0 Å². The average molecular weight is 392 g/mol. The Bertz CT molecular complexity index is 921. The number of alkyl halides is 3. The number of benzene rings is 1. The third-order valence-electron chi connectivity index (χ3n) is 5.77. The third-order valence-corrected chi connectivity index (χ3v) is 5.77. The largest absolute Gasteiger partial charge is 0.416 e. The Morgan fingerprint density at radius 1 is 1.18 bits per heavy atom. The molecule has 1 heterocycles. The van der Waals surface area contributed by atoms with Gasteiger partial charge in [-0.25, -0.2) is 4.39 Å². The lowest BCUT2D eigenvalue weighted by atomic mass is 9.95. The SMILES string of the molecule is CN(C(=O)CC1CCc2c(-c3ccc(C(F)(F)F)cc3F)cncc21)C1CC1. The fourth-order valence-electron chi connectivity index (χ4n) is 3.98. The highest BCUT2D eigenvalue weighted by Gasteiger charge is 2.34. The molecule has 0 spiro atoms. The van der Waals surface area contributed by atoms with Crippen molar-refractivity contribution in [1.82, 2.24) is 9.88 Å². The quantitative estimate of drug-likeness (QED) is 0.690. The zero-order valence-corrected chi connectivity index (χ0v) is 15.4. The Balaban J connectivity index is 1.62. The fourth-order valence-corrected chi connectivity index (χ4v) is 3.98. The lowest BCUT2D eigenvalue weighted by Crippen LogP contribution is -2.29. The molecular formula is C21H20F4N2O. The molecule has 1 saturated carbocycles. The molecule has 3 nitrogen and oxygen atoms in total. The summed E-state index contributed by atoms with van der Waals surface area (Å²) in [5.41, 5.74) is 1.38. The summed E-state index contributed by atoms with van der Waals surface area (Å²) in [7, 11) is 1.82. The molecule has 148 valence electrons. The van der Waals surface area contributed by atoms with Crippen LogP contribution in [-0.2, 0) is 17.4 Å². The van der Waals surface area contributed by atoms with E-state index in [1.54, 1.807) is 11.1 Å². The number of hydrogen-bond donors (Lipinski definition) is 0. The molecule has 7 heteroatoms. The molecule has 1 aromatic heterocycles. The first-order valence-corrected chi connectivity index (χ1v) is 9.35. The second kappa shape index (κ2) is 6.87. The lowest BCUT2D eigenvalue weighted by molar-refractivity contribution is -0.137. The summed E-state index contributed by atoms with van der Waals surface area (Å²) in [4.78, 5) is 18.4. The van der Waals surface area contributed by atoms with E-state index in [1.165, 1.54) is 6.20 Å². The minimum Gasteiger partial charge on any atom is -0.343 e. The van der Waals surface area contributed by atoms with Crippen molar-refractivity contribution in [3.63, 3.8) is 0 Å². The fraction of sp³-hybridized carbons (Fsp3) is 0.429. The monoisotopic (exact) mass is 392 g/mol. The minimum atomic E-state index is -4.59. The van der Waals surface area contributed by atoms with Gasteiger partial charge in [0.05, 0.1) is 5.56 Å². The molecule has 0 N–H and O–H groups in total. The van der Waals surface area contributed by atoms with E-state index in [0.717, 1.165) is 42.5 Å². The topological polar surface area (TPSA) is 33.2 Å². The number of aromatic nitrogens is 1. The van der Waals surface area contributed by atoms with Crippen LogP contribution in [0.25, 0.3) is 11.1 Å². The van der Waals surface area contributed by atoms with Gasteiger partial charge in [0.15, 0.2) is 0 Å². The highest BCUT2D eigenvalue weighted by Crippen LogP contribution is 2.42. The summed E-state index contributed by atoms with van der Waals surface area (Å²) in [6.07, 6.45) is 2.47. The number of fused-ring (bicyclic) bond motifs is 1. The maximum atomic E-state index is 14.5. The van der Waals surface area contributed by atoms with Gasteiger partial charge in [-0.2, -0.15) is 13.2 Å². The molecule has 0 aliphatic heterocycles. The smallest absolute Gasteiger partial charge is 0.343 e. The Morgan fingerprint density at radius 3 is 2.57 bits per heavy atom. The maximum Gasteiger partial charge on any atom is 0.416 e. The van der Waals surface area contributed by atoms with E-state index in [2.05, 4.69) is 4.98 Å². The van der Waals surface area contributed by atoms with Gasteiger partial charge in [-0.05, 0) is 54.9 Å². The molecular weight excluding hydrogens is 372 g/mol. The van der Waals surface area contributed by atoms with Crippen LogP contribution in [-0.4, -0.2) is 28.9 Å². The zero-order valence-electron chi connectivity index (χ0n) is 15.4. The highest BCUT2D eigenvalue weighted by atomic mass is 19.4. The molecule has 0 bridgehead atoms. The van der Waals surface area contributed by atoms with Crippen LogP contribution in [0.5, 0.6) is 0 Å². The predicted octanol–water partition coefficient (Wildman–Crippen LogP) is 4.95. The van der Waals surface area contributed by atoms with Gasteiger partial charge in [-0.15, -0.1) is 0 Å². The number of rotatable bonds is 4. The molecule has 2 aromatic rings. The van der Waals surface area contributed by atoms with Gasteiger partial charge in [0.2, 0.25) is 5.91 Å². The van der Waals surface area contributed by atoms with Crippen LogP contribution in [0.1, 0.15) is 48.3 Å². The van der Waals surface area contributed by atoms with Crippen LogP contribution >= 0.6 is 0 Å². The number of nitrogens with zero attached hydrogens (tertiary/aromatic N) is 2. The third kappa shape index (κ3) is 3.50. The molecule has 1 aromatic carbocycles. The summed E-state index contributed by atoms with van der Waals surface area (Å²) in [5, 5.41) is 0. The Kier molecular flexibility index (Phi) is 4.63. The Hall–Kier alpha value is -2.44. The van der Waals surface area contributed by atoms with Crippen molar-refractivity contribution in [2.45, 2.75) is 50.2 Å². The van der Waals surface area contributed by atoms with E-state index >= 15 is 0 Å². The Labute approximate surface area is 160 Å². The summed E-state index contributed by atoms with van der Waals surface area (Å²) in [6.45, 7) is 0. The normalized spacial score (nSPS) is 18.8. The van der Waals surface area contributed by atoms with E-state index in [0.29, 0.717) is 30.5 Å². The summed E-state index contributed by atoms with van der Waals surface area (Å²) >= 11 is 0. The van der Waals surface area contributed by atoms with Gasteiger partial charge in [-0.1, -0.05) is 6.07 Å². The first-order chi connectivity index (χ1) is 13.3. The van der Waals surface area contributed by atoms with Crippen molar-refractivity contribution in [1.29, 1.82) is 0 Å². The summed E-state index contributed by atoms with van der Waals surface area (Å²) in [6, 6.07) is 2.92.